The molecule has 0 aliphatic rings. The molecule has 0 spiro atoms. The minimum atomic E-state index is -0.0929. The molecule has 3 aromatic heterocycles. The van der Waals surface area contributed by atoms with Gasteiger partial charge in [0.1, 0.15) is 5.65 Å². The van der Waals surface area contributed by atoms with Crippen LogP contribution in [0.4, 0.5) is 5.69 Å². The largest absolute Gasteiger partial charge is 0.323 e. The van der Waals surface area contributed by atoms with E-state index in [1.54, 1.807) is 18.6 Å². The number of nitrogens with zero attached hydrogens (tertiary/aromatic N) is 3. The second-order valence-electron chi connectivity index (χ2n) is 4.35. The van der Waals surface area contributed by atoms with Crippen molar-refractivity contribution in [2.24, 2.45) is 0 Å². The normalized spacial score (nSPS) is 10.8. The van der Waals surface area contributed by atoms with Gasteiger partial charge < -0.3 is 9.72 Å². The number of aromatic amines is 1. The third kappa shape index (κ3) is 2.20. The van der Waals surface area contributed by atoms with Crippen LogP contribution in [0.2, 0.25) is 0 Å². The molecule has 0 unspecified atom stereocenters. The molecule has 0 saturated heterocycles. The first-order valence-electron chi connectivity index (χ1n) is 5.94. The van der Waals surface area contributed by atoms with Gasteiger partial charge in [-0.25, -0.2) is 4.98 Å². The number of imidazole rings is 1. The molecule has 3 heterocycles. The van der Waals surface area contributed by atoms with Crippen LogP contribution in [0.3, 0.4) is 0 Å². The second-order valence-corrected chi connectivity index (χ2v) is 4.35. The summed E-state index contributed by atoms with van der Waals surface area (Å²) in [6, 6.07) is 3.94. The zero-order valence-corrected chi connectivity index (χ0v) is 10.4. The summed E-state index contributed by atoms with van der Waals surface area (Å²) in [6.45, 7) is 2.00. The van der Waals surface area contributed by atoms with Gasteiger partial charge in [-0.1, -0.05) is 6.07 Å². The smallest absolute Gasteiger partial charge is 0.230 e. The van der Waals surface area contributed by atoms with Gasteiger partial charge in [0, 0.05) is 18.6 Å². The van der Waals surface area contributed by atoms with Gasteiger partial charge >= 0.3 is 0 Å². The summed E-state index contributed by atoms with van der Waals surface area (Å²) in [5.41, 5.74) is 3.49. The summed E-state index contributed by atoms with van der Waals surface area (Å²) in [7, 11) is 0. The van der Waals surface area contributed by atoms with E-state index in [0.717, 1.165) is 16.9 Å². The van der Waals surface area contributed by atoms with Gasteiger partial charge in [-0.2, -0.15) is 5.10 Å². The first-order valence-corrected chi connectivity index (χ1v) is 5.94. The van der Waals surface area contributed by atoms with Crippen LogP contribution < -0.4 is 5.32 Å². The number of aryl methyl sites for hydroxylation is 1. The van der Waals surface area contributed by atoms with Gasteiger partial charge in [-0.05, 0) is 18.6 Å². The molecule has 0 radical (unpaired) electrons. The highest BCUT2D eigenvalue weighted by atomic mass is 16.1. The molecule has 96 valence electrons. The minimum absolute atomic E-state index is 0.0929. The molecule has 0 bridgehead atoms. The van der Waals surface area contributed by atoms with Crippen LogP contribution in [0.15, 0.2) is 36.9 Å². The lowest BCUT2D eigenvalue weighted by molar-refractivity contribution is -0.115. The molecule has 19 heavy (non-hydrogen) atoms. The molecule has 6 heteroatoms. The number of anilines is 1. The number of nitrogens with one attached hydrogen (secondary N) is 2. The molecule has 0 atom stereocenters. The van der Waals surface area contributed by atoms with Crippen LogP contribution in [-0.4, -0.2) is 25.5 Å². The third-order valence-corrected chi connectivity index (χ3v) is 2.93. The van der Waals surface area contributed by atoms with Crippen molar-refractivity contribution in [2.45, 2.75) is 13.3 Å². The molecular weight excluding hydrogens is 242 g/mol. The Morgan fingerprint density at radius 3 is 3.16 bits per heavy atom. The number of amides is 1. The van der Waals surface area contributed by atoms with Crippen molar-refractivity contribution in [2.75, 3.05) is 5.32 Å². The Labute approximate surface area is 109 Å². The zero-order chi connectivity index (χ0) is 13.2. The fourth-order valence-corrected chi connectivity index (χ4v) is 2.02. The first-order chi connectivity index (χ1) is 9.24. The minimum Gasteiger partial charge on any atom is -0.323 e. The van der Waals surface area contributed by atoms with Crippen molar-refractivity contribution < 1.29 is 4.79 Å². The summed E-state index contributed by atoms with van der Waals surface area (Å²) < 4.78 is 1.93. The SMILES string of the molecule is Cc1cccn2c(CC(=O)Nc3cn[nH]c3)cnc12. The van der Waals surface area contributed by atoms with Crippen molar-refractivity contribution >= 4 is 17.2 Å². The van der Waals surface area contributed by atoms with Gasteiger partial charge in [-0.15, -0.1) is 0 Å². The number of hydrogen-bond acceptors (Lipinski definition) is 3. The number of fused-ring (bicyclic) bond motifs is 1. The van der Waals surface area contributed by atoms with E-state index in [4.69, 9.17) is 0 Å². The third-order valence-electron chi connectivity index (χ3n) is 2.93. The van der Waals surface area contributed by atoms with Crippen LogP contribution in [0.25, 0.3) is 5.65 Å². The van der Waals surface area contributed by atoms with E-state index < -0.39 is 0 Å². The lowest BCUT2D eigenvalue weighted by Gasteiger charge is -2.03. The lowest BCUT2D eigenvalue weighted by atomic mass is 10.3. The van der Waals surface area contributed by atoms with E-state index >= 15 is 0 Å². The maximum absolute atomic E-state index is 11.9. The second kappa shape index (κ2) is 4.56. The maximum atomic E-state index is 11.9. The quantitative estimate of drug-likeness (QED) is 0.745. The van der Waals surface area contributed by atoms with E-state index in [1.807, 2.05) is 29.7 Å². The van der Waals surface area contributed by atoms with E-state index in [-0.39, 0.29) is 12.3 Å². The predicted octanol–water partition coefficient (Wildman–Crippen LogP) is 1.55. The number of hydrogen-bond donors (Lipinski definition) is 2. The summed E-state index contributed by atoms with van der Waals surface area (Å²) in [5.74, 6) is -0.0929. The lowest BCUT2D eigenvalue weighted by Crippen LogP contribution is -2.15. The van der Waals surface area contributed by atoms with Gasteiger partial charge in [0.2, 0.25) is 5.91 Å². The Hall–Kier alpha value is -2.63. The summed E-state index contributed by atoms with van der Waals surface area (Å²) in [6.07, 6.45) is 7.12. The summed E-state index contributed by atoms with van der Waals surface area (Å²) >= 11 is 0. The van der Waals surface area contributed by atoms with E-state index in [0.29, 0.717) is 5.69 Å². The van der Waals surface area contributed by atoms with Gasteiger partial charge in [0.25, 0.3) is 0 Å². The fourth-order valence-electron chi connectivity index (χ4n) is 2.02. The first kappa shape index (κ1) is 11.5. The number of carbonyl (C=O) groups is 1. The Morgan fingerprint density at radius 1 is 1.47 bits per heavy atom. The van der Waals surface area contributed by atoms with Crippen LogP contribution in [0, 0.1) is 6.92 Å². The predicted molar refractivity (Wildman–Crippen MR) is 70.9 cm³/mol. The number of carbonyl (C=O) groups excluding carboxylic acids is 1. The van der Waals surface area contributed by atoms with Crippen LogP contribution in [-0.2, 0) is 11.2 Å². The molecule has 2 N–H and O–H groups in total. The molecule has 0 aliphatic heterocycles. The highest BCUT2D eigenvalue weighted by molar-refractivity contribution is 5.91. The van der Waals surface area contributed by atoms with Crippen molar-refractivity contribution in [3.05, 3.63) is 48.2 Å². The number of rotatable bonds is 3. The monoisotopic (exact) mass is 255 g/mol. The molecule has 3 rings (SSSR count). The molecule has 6 nitrogen and oxygen atoms in total. The van der Waals surface area contributed by atoms with Crippen LogP contribution in [0.5, 0.6) is 0 Å². The molecule has 0 aromatic carbocycles. The fraction of sp³-hybridized carbons (Fsp3) is 0.154. The Bertz CT molecular complexity index is 714. The van der Waals surface area contributed by atoms with Crippen molar-refractivity contribution in [1.29, 1.82) is 0 Å². The van der Waals surface area contributed by atoms with E-state index in [2.05, 4.69) is 20.5 Å². The highest BCUT2D eigenvalue weighted by Crippen LogP contribution is 2.12. The van der Waals surface area contributed by atoms with Crippen molar-refractivity contribution in [3.8, 4) is 0 Å². The molecule has 3 aromatic rings. The number of pyridine rings is 1. The molecular formula is C13H13N5O. The average Bonchev–Trinajstić information content (AvgIpc) is 3.01. The van der Waals surface area contributed by atoms with Crippen LogP contribution >= 0.6 is 0 Å². The van der Waals surface area contributed by atoms with Gasteiger partial charge in [0.15, 0.2) is 0 Å². The summed E-state index contributed by atoms with van der Waals surface area (Å²) in [5, 5.41) is 9.19. The molecule has 0 fully saturated rings. The molecule has 0 saturated carbocycles. The maximum Gasteiger partial charge on any atom is 0.230 e. The zero-order valence-electron chi connectivity index (χ0n) is 10.4. The highest BCUT2D eigenvalue weighted by Gasteiger charge is 2.10. The summed E-state index contributed by atoms with van der Waals surface area (Å²) in [4.78, 5) is 16.2. The number of H-pyrrole nitrogens is 1. The molecule has 1 amide bonds. The van der Waals surface area contributed by atoms with Crippen LogP contribution in [0.1, 0.15) is 11.3 Å². The van der Waals surface area contributed by atoms with E-state index in [1.165, 1.54) is 0 Å². The standard InChI is InChI=1S/C13H13N5O/c1-9-3-2-4-18-11(8-14-13(9)18)5-12(19)17-10-6-15-16-7-10/h2-4,6-8H,5H2,1H3,(H,15,16)(H,17,19). The van der Waals surface area contributed by atoms with Crippen molar-refractivity contribution in [1.82, 2.24) is 19.6 Å². The van der Waals surface area contributed by atoms with E-state index in [9.17, 15) is 4.79 Å². The van der Waals surface area contributed by atoms with Crippen molar-refractivity contribution in [3.63, 3.8) is 0 Å². The Morgan fingerprint density at radius 2 is 2.37 bits per heavy atom. The average molecular weight is 255 g/mol. The number of aromatic nitrogens is 4. The van der Waals surface area contributed by atoms with Gasteiger partial charge in [-0.3, -0.25) is 9.89 Å². The van der Waals surface area contributed by atoms with Gasteiger partial charge in [0.05, 0.1) is 24.0 Å². The Kier molecular flexibility index (Phi) is 2.75. The molecule has 0 aliphatic carbocycles. The Balaban J connectivity index is 1.82. The topological polar surface area (TPSA) is 75.1 Å².